The summed E-state index contributed by atoms with van der Waals surface area (Å²) >= 11 is 12.0. The predicted octanol–water partition coefficient (Wildman–Crippen LogP) is 7.62. The predicted molar refractivity (Wildman–Crippen MR) is 138 cm³/mol. The molecule has 0 saturated carbocycles. The maximum atomic E-state index is 12.5. The van der Waals surface area contributed by atoms with Crippen LogP contribution in [0.2, 0.25) is 10.0 Å². The number of rotatable bonds is 13. The molecule has 0 heterocycles. The van der Waals surface area contributed by atoms with Crippen LogP contribution in [0.15, 0.2) is 47.6 Å². The summed E-state index contributed by atoms with van der Waals surface area (Å²) < 4.78 is 0. The van der Waals surface area contributed by atoms with Crippen LogP contribution in [-0.4, -0.2) is 17.5 Å². The molecule has 7 heteroatoms. The highest BCUT2D eigenvalue weighted by Gasteiger charge is 2.11. The zero-order valence-corrected chi connectivity index (χ0v) is 20.9. The number of anilines is 1. The Labute approximate surface area is 206 Å². The van der Waals surface area contributed by atoms with E-state index in [0.29, 0.717) is 28.4 Å². The van der Waals surface area contributed by atoms with E-state index in [4.69, 9.17) is 23.2 Å². The molecular weight excluding hydrogens is 457 g/mol. The van der Waals surface area contributed by atoms with Crippen molar-refractivity contribution < 1.29 is 9.59 Å². The van der Waals surface area contributed by atoms with Gasteiger partial charge >= 0.3 is 0 Å². The van der Waals surface area contributed by atoms with E-state index in [1.54, 1.807) is 24.3 Å². The van der Waals surface area contributed by atoms with Crippen LogP contribution in [0.1, 0.15) is 87.6 Å². The highest BCUT2D eigenvalue weighted by Crippen LogP contribution is 2.22. The number of nitrogens with one attached hydrogen (secondary N) is 2. The largest absolute Gasteiger partial charge is 0.322 e. The molecule has 178 valence electrons. The van der Waals surface area contributed by atoms with E-state index in [2.05, 4.69) is 22.8 Å². The number of unbranched alkanes of at least 4 members (excludes halogenated alkanes) is 7. The quantitative estimate of drug-likeness (QED) is 0.172. The SMILES string of the molecule is CCCCCCCCCCC(=O)N/N=C(\C)c1cccc(NC(=O)c2ccc(Cl)cc2Cl)c1. The molecule has 0 unspecified atom stereocenters. The zero-order valence-electron chi connectivity index (χ0n) is 19.4. The minimum absolute atomic E-state index is 0.0813. The molecule has 2 rings (SSSR count). The molecule has 0 aliphatic rings. The number of carbonyl (C=O) groups excluding carboxylic acids is 2. The van der Waals surface area contributed by atoms with Crippen molar-refractivity contribution in [2.75, 3.05) is 5.32 Å². The Morgan fingerprint density at radius 2 is 1.61 bits per heavy atom. The first-order valence-corrected chi connectivity index (χ1v) is 12.4. The highest BCUT2D eigenvalue weighted by atomic mass is 35.5. The van der Waals surface area contributed by atoms with Crippen molar-refractivity contribution in [1.29, 1.82) is 0 Å². The fraction of sp³-hybridized carbons (Fsp3) is 0.423. The number of carbonyl (C=O) groups is 2. The molecule has 2 amide bonds. The maximum Gasteiger partial charge on any atom is 0.257 e. The molecule has 0 fully saturated rings. The molecule has 33 heavy (non-hydrogen) atoms. The monoisotopic (exact) mass is 489 g/mol. The van der Waals surface area contributed by atoms with Crippen molar-refractivity contribution >= 4 is 46.4 Å². The molecule has 0 aliphatic carbocycles. The number of hydrazone groups is 1. The van der Waals surface area contributed by atoms with Gasteiger partial charge < -0.3 is 5.32 Å². The van der Waals surface area contributed by atoms with E-state index in [0.717, 1.165) is 18.4 Å². The summed E-state index contributed by atoms with van der Waals surface area (Å²) in [5, 5.41) is 7.79. The number of hydrogen-bond donors (Lipinski definition) is 2. The lowest BCUT2D eigenvalue weighted by Crippen LogP contribution is -2.19. The van der Waals surface area contributed by atoms with E-state index in [1.165, 1.54) is 44.6 Å². The molecule has 0 bridgehead atoms. The van der Waals surface area contributed by atoms with Crippen LogP contribution in [0.4, 0.5) is 5.69 Å². The van der Waals surface area contributed by atoms with Gasteiger partial charge in [-0.05, 0) is 49.2 Å². The van der Waals surface area contributed by atoms with Gasteiger partial charge in [-0.25, -0.2) is 5.43 Å². The second-order valence-corrected chi connectivity index (χ2v) is 8.96. The third kappa shape index (κ3) is 9.97. The summed E-state index contributed by atoms with van der Waals surface area (Å²) in [6, 6.07) is 12.0. The maximum absolute atomic E-state index is 12.5. The van der Waals surface area contributed by atoms with Crippen LogP contribution in [0.25, 0.3) is 0 Å². The normalized spacial score (nSPS) is 11.3. The molecule has 0 aliphatic heterocycles. The van der Waals surface area contributed by atoms with Crippen molar-refractivity contribution in [2.45, 2.75) is 71.6 Å². The molecular formula is C26H33Cl2N3O2. The minimum Gasteiger partial charge on any atom is -0.322 e. The van der Waals surface area contributed by atoms with Crippen molar-refractivity contribution in [3.63, 3.8) is 0 Å². The lowest BCUT2D eigenvalue weighted by molar-refractivity contribution is -0.121. The van der Waals surface area contributed by atoms with E-state index in [1.807, 2.05) is 19.1 Å². The third-order valence-corrected chi connectivity index (χ3v) is 5.87. The Morgan fingerprint density at radius 3 is 2.30 bits per heavy atom. The molecule has 0 aromatic heterocycles. The molecule has 2 aromatic rings. The summed E-state index contributed by atoms with van der Waals surface area (Å²) in [4.78, 5) is 24.6. The van der Waals surface area contributed by atoms with Gasteiger partial charge in [0, 0.05) is 17.1 Å². The molecule has 0 atom stereocenters. The summed E-state index contributed by atoms with van der Waals surface area (Å²) in [5.41, 5.74) is 5.02. The van der Waals surface area contributed by atoms with Gasteiger partial charge in [-0.1, -0.05) is 87.2 Å². The molecule has 5 nitrogen and oxygen atoms in total. The number of benzene rings is 2. The summed E-state index contributed by atoms with van der Waals surface area (Å²) in [7, 11) is 0. The van der Waals surface area contributed by atoms with Crippen LogP contribution >= 0.6 is 23.2 Å². The van der Waals surface area contributed by atoms with Gasteiger partial charge in [0.1, 0.15) is 0 Å². The fourth-order valence-electron chi connectivity index (χ4n) is 3.38. The van der Waals surface area contributed by atoms with E-state index < -0.39 is 0 Å². The topological polar surface area (TPSA) is 70.6 Å². The van der Waals surface area contributed by atoms with Crippen LogP contribution in [0.3, 0.4) is 0 Å². The lowest BCUT2D eigenvalue weighted by Gasteiger charge is -2.09. The Bertz CT molecular complexity index is 960. The van der Waals surface area contributed by atoms with Crippen molar-refractivity contribution in [3.05, 3.63) is 63.6 Å². The Kier molecular flexibility index (Phi) is 12.0. The molecule has 0 spiro atoms. The molecule has 2 aromatic carbocycles. The molecule has 0 saturated heterocycles. The van der Waals surface area contributed by atoms with Crippen molar-refractivity contribution in [2.24, 2.45) is 5.10 Å². The van der Waals surface area contributed by atoms with E-state index in [-0.39, 0.29) is 16.8 Å². The van der Waals surface area contributed by atoms with Crippen LogP contribution in [0, 0.1) is 0 Å². The number of halogens is 2. The first-order chi connectivity index (χ1) is 15.9. The number of amides is 2. The first-order valence-electron chi connectivity index (χ1n) is 11.6. The van der Waals surface area contributed by atoms with Crippen LogP contribution < -0.4 is 10.7 Å². The minimum atomic E-state index is -0.331. The standard InChI is InChI=1S/C26H33Cl2N3O2/c1-3-4-5-6-7-8-9-10-14-25(32)31-30-19(2)20-12-11-13-22(17-20)29-26(33)23-16-15-21(27)18-24(23)28/h11-13,15-18H,3-10,14H2,1-2H3,(H,29,33)(H,31,32)/b30-19+. The Balaban J connectivity index is 1.81. The van der Waals surface area contributed by atoms with Gasteiger partial charge in [-0.15, -0.1) is 0 Å². The number of nitrogens with zero attached hydrogens (tertiary/aromatic N) is 1. The van der Waals surface area contributed by atoms with E-state index >= 15 is 0 Å². The number of hydrogen-bond acceptors (Lipinski definition) is 3. The van der Waals surface area contributed by atoms with Crippen LogP contribution in [-0.2, 0) is 4.79 Å². The lowest BCUT2D eigenvalue weighted by atomic mass is 10.1. The summed E-state index contributed by atoms with van der Waals surface area (Å²) in [6.07, 6.45) is 10.0. The van der Waals surface area contributed by atoms with Crippen molar-refractivity contribution in [1.82, 2.24) is 5.43 Å². The molecule has 2 N–H and O–H groups in total. The summed E-state index contributed by atoms with van der Waals surface area (Å²) in [6.45, 7) is 4.03. The zero-order chi connectivity index (χ0) is 24.1. The average Bonchev–Trinajstić information content (AvgIpc) is 2.79. The van der Waals surface area contributed by atoms with E-state index in [9.17, 15) is 9.59 Å². The van der Waals surface area contributed by atoms with Gasteiger partial charge in [0.15, 0.2) is 0 Å². The summed E-state index contributed by atoms with van der Waals surface area (Å²) in [5.74, 6) is -0.413. The average molecular weight is 490 g/mol. The van der Waals surface area contributed by atoms with Gasteiger partial charge in [-0.3, -0.25) is 9.59 Å². The Hall–Kier alpha value is -2.37. The van der Waals surface area contributed by atoms with Gasteiger partial charge in [-0.2, -0.15) is 5.10 Å². The van der Waals surface area contributed by atoms with Crippen molar-refractivity contribution in [3.8, 4) is 0 Å². The second-order valence-electron chi connectivity index (χ2n) is 8.12. The fourth-order valence-corrected chi connectivity index (χ4v) is 3.87. The second kappa shape index (κ2) is 14.7. The first kappa shape index (κ1) is 26.9. The van der Waals surface area contributed by atoms with Gasteiger partial charge in [0.25, 0.3) is 5.91 Å². The van der Waals surface area contributed by atoms with Gasteiger partial charge in [0.2, 0.25) is 5.91 Å². The smallest absolute Gasteiger partial charge is 0.257 e. The molecule has 0 radical (unpaired) electrons. The highest BCUT2D eigenvalue weighted by molar-refractivity contribution is 6.37. The van der Waals surface area contributed by atoms with Gasteiger partial charge in [0.05, 0.1) is 16.3 Å². The third-order valence-electron chi connectivity index (χ3n) is 5.32. The Morgan fingerprint density at radius 1 is 0.909 bits per heavy atom. The van der Waals surface area contributed by atoms with Crippen LogP contribution in [0.5, 0.6) is 0 Å².